The van der Waals surface area contributed by atoms with E-state index in [9.17, 15) is 0 Å². The van der Waals surface area contributed by atoms with Crippen LogP contribution in [0.4, 0.5) is 0 Å². The summed E-state index contributed by atoms with van der Waals surface area (Å²) >= 11 is 6.16. The third kappa shape index (κ3) is 6.37. The van der Waals surface area contributed by atoms with Crippen LogP contribution in [0.3, 0.4) is 0 Å². The summed E-state index contributed by atoms with van der Waals surface area (Å²) in [6.07, 6.45) is 7.69. The average Bonchev–Trinajstić information content (AvgIpc) is 2.43. The topological polar surface area (TPSA) is 30.5 Å². The first kappa shape index (κ1) is 16.2. The van der Waals surface area contributed by atoms with Gasteiger partial charge in [-0.05, 0) is 31.2 Å². The minimum Gasteiger partial charge on any atom is -0.382 e. The van der Waals surface area contributed by atoms with Crippen LogP contribution in [0.25, 0.3) is 0 Å². The molecule has 0 atom stereocenters. The molecule has 0 unspecified atom stereocenters. The normalized spacial score (nSPS) is 19.0. The SMILES string of the molecule is COCCOCCCNCC1(CCl)CCCCC1. The largest absolute Gasteiger partial charge is 0.382 e. The maximum atomic E-state index is 6.16. The van der Waals surface area contributed by atoms with E-state index in [0.29, 0.717) is 18.6 Å². The predicted molar refractivity (Wildman–Crippen MR) is 76.4 cm³/mol. The molecule has 0 aromatic rings. The minimum atomic E-state index is 0.358. The number of nitrogens with one attached hydrogen (secondary N) is 1. The predicted octanol–water partition coefficient (Wildman–Crippen LogP) is 2.82. The maximum absolute atomic E-state index is 6.16. The van der Waals surface area contributed by atoms with Gasteiger partial charge in [0, 0.05) is 26.1 Å². The quantitative estimate of drug-likeness (QED) is 0.492. The van der Waals surface area contributed by atoms with Crippen LogP contribution in [0.15, 0.2) is 0 Å². The second kappa shape index (κ2) is 10.0. The Morgan fingerprint density at radius 2 is 1.89 bits per heavy atom. The zero-order valence-corrected chi connectivity index (χ0v) is 12.4. The van der Waals surface area contributed by atoms with Gasteiger partial charge in [0.1, 0.15) is 0 Å². The molecular weight excluding hydrogens is 250 g/mol. The van der Waals surface area contributed by atoms with Crippen molar-refractivity contribution in [3.8, 4) is 0 Å². The van der Waals surface area contributed by atoms with Crippen LogP contribution >= 0.6 is 11.6 Å². The standard InChI is InChI=1S/C14H28ClNO2/c1-17-10-11-18-9-5-8-16-13-14(12-15)6-3-2-4-7-14/h16H,2-13H2,1H3. The summed E-state index contributed by atoms with van der Waals surface area (Å²) in [6, 6.07) is 0. The molecule has 0 saturated heterocycles. The average molecular weight is 278 g/mol. The molecule has 0 aromatic heterocycles. The van der Waals surface area contributed by atoms with Gasteiger partial charge in [0.2, 0.25) is 0 Å². The monoisotopic (exact) mass is 277 g/mol. The van der Waals surface area contributed by atoms with Crippen molar-refractivity contribution in [2.24, 2.45) is 5.41 Å². The van der Waals surface area contributed by atoms with Gasteiger partial charge in [-0.2, -0.15) is 0 Å². The van der Waals surface area contributed by atoms with Crippen LogP contribution in [-0.2, 0) is 9.47 Å². The molecule has 1 N–H and O–H groups in total. The smallest absolute Gasteiger partial charge is 0.0700 e. The number of methoxy groups -OCH3 is 1. The fourth-order valence-electron chi connectivity index (χ4n) is 2.56. The van der Waals surface area contributed by atoms with Gasteiger partial charge in [-0.3, -0.25) is 0 Å². The number of halogens is 1. The van der Waals surface area contributed by atoms with Crippen molar-refractivity contribution in [1.29, 1.82) is 0 Å². The van der Waals surface area contributed by atoms with Crippen LogP contribution in [0.2, 0.25) is 0 Å². The van der Waals surface area contributed by atoms with Crippen molar-refractivity contribution in [3.05, 3.63) is 0 Å². The molecule has 0 amide bonds. The summed E-state index contributed by atoms with van der Waals surface area (Å²) in [7, 11) is 1.70. The van der Waals surface area contributed by atoms with Gasteiger partial charge in [0.25, 0.3) is 0 Å². The number of ether oxygens (including phenoxy) is 2. The first-order valence-corrected chi connectivity index (χ1v) is 7.70. The molecule has 18 heavy (non-hydrogen) atoms. The molecule has 0 aromatic carbocycles. The molecule has 108 valence electrons. The van der Waals surface area contributed by atoms with Crippen molar-refractivity contribution in [1.82, 2.24) is 5.32 Å². The Bertz CT molecular complexity index is 196. The Kier molecular flexibility index (Phi) is 9.03. The van der Waals surface area contributed by atoms with Crippen molar-refractivity contribution in [3.63, 3.8) is 0 Å². The lowest BCUT2D eigenvalue weighted by molar-refractivity contribution is 0.0691. The second-order valence-electron chi connectivity index (χ2n) is 5.33. The Morgan fingerprint density at radius 1 is 1.11 bits per heavy atom. The molecule has 1 aliphatic carbocycles. The third-order valence-corrected chi connectivity index (χ3v) is 4.34. The lowest BCUT2D eigenvalue weighted by Crippen LogP contribution is -2.38. The van der Waals surface area contributed by atoms with Gasteiger partial charge in [-0.15, -0.1) is 11.6 Å². The zero-order valence-electron chi connectivity index (χ0n) is 11.7. The lowest BCUT2D eigenvalue weighted by atomic mass is 9.75. The molecule has 4 heteroatoms. The zero-order chi connectivity index (χ0) is 13.1. The van der Waals surface area contributed by atoms with E-state index in [2.05, 4.69) is 5.32 Å². The highest BCUT2D eigenvalue weighted by Crippen LogP contribution is 2.36. The highest BCUT2D eigenvalue weighted by molar-refractivity contribution is 6.18. The van der Waals surface area contributed by atoms with Gasteiger partial charge in [0.15, 0.2) is 0 Å². The molecule has 1 aliphatic rings. The fraction of sp³-hybridized carbons (Fsp3) is 1.00. The summed E-state index contributed by atoms with van der Waals surface area (Å²) in [5, 5.41) is 3.54. The molecule has 1 fully saturated rings. The molecular formula is C14H28ClNO2. The first-order chi connectivity index (χ1) is 8.83. The number of hydrogen-bond acceptors (Lipinski definition) is 3. The number of hydrogen-bond donors (Lipinski definition) is 1. The van der Waals surface area contributed by atoms with Crippen molar-refractivity contribution < 1.29 is 9.47 Å². The Balaban J connectivity index is 1.98. The van der Waals surface area contributed by atoms with Gasteiger partial charge >= 0.3 is 0 Å². The maximum Gasteiger partial charge on any atom is 0.0700 e. The first-order valence-electron chi connectivity index (χ1n) is 7.16. The number of alkyl halides is 1. The van der Waals surface area contributed by atoms with Crippen LogP contribution in [-0.4, -0.2) is 45.9 Å². The van der Waals surface area contributed by atoms with E-state index < -0.39 is 0 Å². The summed E-state index contributed by atoms with van der Waals surface area (Å²) in [5.41, 5.74) is 0.358. The van der Waals surface area contributed by atoms with E-state index in [1.165, 1.54) is 32.1 Å². The van der Waals surface area contributed by atoms with E-state index >= 15 is 0 Å². The van der Waals surface area contributed by atoms with Crippen molar-refractivity contribution in [2.75, 3.05) is 45.9 Å². The highest BCUT2D eigenvalue weighted by atomic mass is 35.5. The summed E-state index contributed by atoms with van der Waals surface area (Å²) in [6.45, 7) is 4.27. The van der Waals surface area contributed by atoms with E-state index in [0.717, 1.165) is 32.0 Å². The Morgan fingerprint density at radius 3 is 2.56 bits per heavy atom. The van der Waals surface area contributed by atoms with Gasteiger partial charge in [0.05, 0.1) is 13.2 Å². The van der Waals surface area contributed by atoms with E-state index in [-0.39, 0.29) is 0 Å². The van der Waals surface area contributed by atoms with Crippen LogP contribution in [0.5, 0.6) is 0 Å². The van der Waals surface area contributed by atoms with E-state index in [1.807, 2.05) is 0 Å². The fourth-order valence-corrected chi connectivity index (χ4v) is 2.92. The molecule has 0 bridgehead atoms. The van der Waals surface area contributed by atoms with Gasteiger partial charge in [-0.1, -0.05) is 19.3 Å². The summed E-state index contributed by atoms with van der Waals surface area (Å²) < 4.78 is 10.3. The van der Waals surface area contributed by atoms with Crippen LogP contribution in [0, 0.1) is 5.41 Å². The summed E-state index contributed by atoms with van der Waals surface area (Å²) in [4.78, 5) is 0. The minimum absolute atomic E-state index is 0.358. The molecule has 0 radical (unpaired) electrons. The molecule has 0 spiro atoms. The lowest BCUT2D eigenvalue weighted by Gasteiger charge is -2.35. The highest BCUT2D eigenvalue weighted by Gasteiger charge is 2.30. The molecule has 1 saturated carbocycles. The van der Waals surface area contributed by atoms with E-state index in [1.54, 1.807) is 7.11 Å². The molecule has 3 nitrogen and oxygen atoms in total. The Labute approximate surface area is 117 Å². The second-order valence-corrected chi connectivity index (χ2v) is 5.60. The molecule has 0 heterocycles. The van der Waals surface area contributed by atoms with Crippen molar-refractivity contribution in [2.45, 2.75) is 38.5 Å². The van der Waals surface area contributed by atoms with Gasteiger partial charge < -0.3 is 14.8 Å². The molecule has 0 aliphatic heterocycles. The van der Waals surface area contributed by atoms with Crippen LogP contribution in [0.1, 0.15) is 38.5 Å². The number of rotatable bonds is 10. The van der Waals surface area contributed by atoms with Gasteiger partial charge in [-0.25, -0.2) is 0 Å². The van der Waals surface area contributed by atoms with Crippen LogP contribution < -0.4 is 5.32 Å². The third-order valence-electron chi connectivity index (χ3n) is 3.77. The molecule has 1 rings (SSSR count). The van der Waals surface area contributed by atoms with Crippen molar-refractivity contribution >= 4 is 11.6 Å². The summed E-state index contributed by atoms with van der Waals surface area (Å²) in [5.74, 6) is 0.796. The van der Waals surface area contributed by atoms with E-state index in [4.69, 9.17) is 21.1 Å². The Hall–Kier alpha value is 0.170.